The molecule has 0 aromatic heterocycles. The molecule has 3 aliphatic rings. The lowest BCUT2D eigenvalue weighted by Crippen LogP contribution is -2.23. The molecule has 6 nitrogen and oxygen atoms in total. The van der Waals surface area contributed by atoms with Gasteiger partial charge in [0.15, 0.2) is 0 Å². The van der Waals surface area contributed by atoms with Crippen molar-refractivity contribution >= 4 is 17.9 Å². The maximum atomic E-state index is 11.8. The third kappa shape index (κ3) is 35.7. The molecule has 4 rings (SSSR count). The molecule has 0 radical (unpaired) electrons. The maximum absolute atomic E-state index is 11.8. The van der Waals surface area contributed by atoms with Gasteiger partial charge < -0.3 is 14.2 Å². The molecule has 1 aromatic carbocycles. The normalized spacial score (nSPS) is 19.4. The molecule has 0 spiro atoms. The second-order valence-electron chi connectivity index (χ2n) is 15.9. The fourth-order valence-corrected chi connectivity index (χ4v) is 7.78. The van der Waals surface area contributed by atoms with E-state index in [2.05, 4.69) is 45.7 Å². The first-order chi connectivity index (χ1) is 26.8. The fraction of sp³-hybridized carbons (Fsp3) is 0.746. The molecule has 0 heterocycles. The lowest BCUT2D eigenvalue weighted by Gasteiger charge is -2.33. The van der Waals surface area contributed by atoms with Crippen LogP contribution in [-0.4, -0.2) is 24.5 Å². The second-order valence-corrected chi connectivity index (χ2v) is 15.9. The average molecular weight is 926 g/mol. The van der Waals surface area contributed by atoms with Gasteiger partial charge in [-0.15, -0.1) is 0 Å². The summed E-state index contributed by atoms with van der Waals surface area (Å²) < 4.78 is 16.0. The number of hydrogen-bond acceptors (Lipinski definition) is 6. The summed E-state index contributed by atoms with van der Waals surface area (Å²) in [6.45, 7) is 33.3. The van der Waals surface area contributed by atoms with Crippen molar-refractivity contribution in [3.8, 4) is 0 Å². The van der Waals surface area contributed by atoms with Crippen LogP contribution < -0.4 is 0 Å². The molecule has 65 heavy (non-hydrogen) atoms. The van der Waals surface area contributed by atoms with Gasteiger partial charge in [-0.3, -0.25) is 0 Å². The zero-order valence-corrected chi connectivity index (χ0v) is 38.0. The van der Waals surface area contributed by atoms with Crippen LogP contribution in [0.2, 0.25) is 0 Å². The smallest absolute Gasteiger partial charge is 0.333 e. The maximum Gasteiger partial charge on any atom is 0.333 e. The van der Waals surface area contributed by atoms with E-state index in [4.69, 9.17) is 14.2 Å². The molecular weight excluding hydrogens is 805 g/mol. The minimum atomic E-state index is -0.426. The summed E-state index contributed by atoms with van der Waals surface area (Å²) in [6, 6.07) is 6.14. The van der Waals surface area contributed by atoms with E-state index in [-0.39, 0.29) is 86.0 Å². The highest BCUT2D eigenvalue weighted by atomic mass is 16.5. The third-order valence-corrected chi connectivity index (χ3v) is 11.3. The first-order valence-electron chi connectivity index (χ1n) is 22.4. The highest BCUT2D eigenvalue weighted by Gasteiger charge is 2.27. The highest BCUT2D eigenvalue weighted by Crippen LogP contribution is 2.39. The van der Waals surface area contributed by atoms with Crippen molar-refractivity contribution in [2.75, 3.05) is 6.61 Å². The molecular formula is C59H120O6. The summed E-state index contributed by atoms with van der Waals surface area (Å²) in [6.07, 6.45) is 20.0. The van der Waals surface area contributed by atoms with E-state index >= 15 is 0 Å². The van der Waals surface area contributed by atoms with Crippen LogP contribution in [0.15, 0.2) is 54.7 Å². The van der Waals surface area contributed by atoms with E-state index in [1.165, 1.54) is 95.5 Å². The fourth-order valence-electron chi connectivity index (χ4n) is 7.78. The third-order valence-electron chi connectivity index (χ3n) is 11.3. The van der Waals surface area contributed by atoms with Crippen LogP contribution in [0.1, 0.15) is 250 Å². The van der Waals surface area contributed by atoms with E-state index in [1.807, 2.05) is 47.6 Å². The zero-order valence-electron chi connectivity index (χ0n) is 38.0. The van der Waals surface area contributed by atoms with Crippen molar-refractivity contribution in [3.63, 3.8) is 0 Å². The topological polar surface area (TPSA) is 78.9 Å². The van der Waals surface area contributed by atoms with Crippen LogP contribution in [-0.2, 0) is 48.2 Å². The van der Waals surface area contributed by atoms with Gasteiger partial charge in [0.1, 0.15) is 13.2 Å². The van der Waals surface area contributed by atoms with Crippen molar-refractivity contribution in [2.45, 2.75) is 253 Å². The molecule has 0 saturated heterocycles. The van der Waals surface area contributed by atoms with Crippen molar-refractivity contribution in [1.29, 1.82) is 0 Å². The summed E-state index contributed by atoms with van der Waals surface area (Å²) >= 11 is 0. The lowest BCUT2D eigenvalue weighted by molar-refractivity contribution is -0.141. The SMILES string of the molecule is C.C.C.C.C.C.C.C.C.C=C(C)C(=O)OCC1CCC(CC2CCC(CC)CC2)CC1.C=C(C)C(=O)OCc1ccc(CC2CCC(C)CC2)cc1COC(=O)C(=C)C.CC.CC.CC. The van der Waals surface area contributed by atoms with Gasteiger partial charge in [-0.1, -0.05) is 218 Å². The Hall–Kier alpha value is -3.15. The van der Waals surface area contributed by atoms with Gasteiger partial charge in [0.25, 0.3) is 0 Å². The Morgan fingerprint density at radius 1 is 0.492 bits per heavy atom. The number of rotatable bonds is 14. The first kappa shape index (κ1) is 85.2. The highest BCUT2D eigenvalue weighted by molar-refractivity contribution is 5.87. The predicted octanol–water partition coefficient (Wildman–Crippen LogP) is 19.6. The Morgan fingerprint density at radius 2 is 0.831 bits per heavy atom. The Kier molecular flexibility index (Phi) is 65.9. The number of carbonyl (C=O) groups excluding carboxylic acids is 3. The standard InChI is InChI=1S/C24H32O4.C20H34O2.3C2H6.9CH4/c1-16(2)23(25)27-14-21-11-10-20(12-19-8-6-18(5)7-9-19)13-22(21)15-28-24(26)17(3)4;1-4-16-5-7-17(8-6-16)13-18-9-11-19(12-10-18)14-22-20(21)15(2)3;3*1-2;;;;;;;;;/h10-11,13,18-19H,1,3,6-9,12,14-15H2,2,4-5H3;16-19H,2,4-14H2,1,3H3;3*1-2H3;9*1H4. The monoisotopic (exact) mass is 925 g/mol. The second kappa shape index (κ2) is 50.3. The van der Waals surface area contributed by atoms with Crippen molar-refractivity contribution < 1.29 is 28.6 Å². The molecule has 392 valence electrons. The van der Waals surface area contributed by atoms with E-state index in [1.54, 1.807) is 20.8 Å². The Balaban J connectivity index is -0.0000000939. The van der Waals surface area contributed by atoms with Crippen LogP contribution in [0.3, 0.4) is 0 Å². The summed E-state index contributed by atoms with van der Waals surface area (Å²) in [5, 5.41) is 0. The summed E-state index contributed by atoms with van der Waals surface area (Å²) in [4.78, 5) is 35.0. The zero-order chi connectivity index (χ0) is 42.6. The molecule has 0 amide bonds. The minimum Gasteiger partial charge on any atom is -0.462 e. The number of carbonyl (C=O) groups is 3. The number of hydrogen-bond donors (Lipinski definition) is 0. The van der Waals surface area contributed by atoms with Crippen molar-refractivity contribution in [2.24, 2.45) is 35.5 Å². The molecule has 3 fully saturated rings. The van der Waals surface area contributed by atoms with Gasteiger partial charge in [0.2, 0.25) is 0 Å². The van der Waals surface area contributed by atoms with E-state index in [9.17, 15) is 14.4 Å². The summed E-state index contributed by atoms with van der Waals surface area (Å²) in [5.74, 6) is 3.97. The largest absolute Gasteiger partial charge is 0.462 e. The number of benzene rings is 1. The molecule has 0 aliphatic heterocycles. The van der Waals surface area contributed by atoms with E-state index < -0.39 is 11.9 Å². The molecule has 0 N–H and O–H groups in total. The van der Waals surface area contributed by atoms with E-state index in [0.29, 0.717) is 35.2 Å². The Morgan fingerprint density at radius 3 is 1.22 bits per heavy atom. The van der Waals surface area contributed by atoms with Crippen molar-refractivity contribution in [1.82, 2.24) is 0 Å². The van der Waals surface area contributed by atoms with Crippen LogP contribution in [0.5, 0.6) is 0 Å². The lowest BCUT2D eigenvalue weighted by atomic mass is 9.73. The van der Waals surface area contributed by atoms with Gasteiger partial charge in [-0.25, -0.2) is 14.4 Å². The molecule has 0 unspecified atom stereocenters. The predicted molar refractivity (Wildman–Crippen MR) is 297 cm³/mol. The van der Waals surface area contributed by atoms with Crippen LogP contribution in [0, 0.1) is 35.5 Å². The number of ether oxygens (including phenoxy) is 3. The van der Waals surface area contributed by atoms with Gasteiger partial charge in [-0.2, -0.15) is 0 Å². The van der Waals surface area contributed by atoms with Gasteiger partial charge in [0.05, 0.1) is 6.61 Å². The minimum absolute atomic E-state index is 0. The molecule has 0 bridgehead atoms. The molecule has 3 aliphatic carbocycles. The molecule has 0 atom stereocenters. The molecule has 6 heteroatoms. The van der Waals surface area contributed by atoms with Gasteiger partial charge >= 0.3 is 17.9 Å². The van der Waals surface area contributed by atoms with E-state index in [0.717, 1.165) is 41.2 Å². The summed E-state index contributed by atoms with van der Waals surface area (Å²) in [7, 11) is 0. The van der Waals surface area contributed by atoms with Gasteiger partial charge in [0, 0.05) is 16.7 Å². The molecule has 1 aromatic rings. The number of esters is 3. The quantitative estimate of drug-likeness (QED) is 0.105. The Bertz CT molecular complexity index is 1290. The molecule has 3 saturated carbocycles. The first-order valence-corrected chi connectivity index (χ1v) is 22.4. The van der Waals surface area contributed by atoms with Crippen LogP contribution in [0.25, 0.3) is 0 Å². The van der Waals surface area contributed by atoms with Crippen LogP contribution in [0.4, 0.5) is 0 Å². The van der Waals surface area contributed by atoms with Crippen LogP contribution >= 0.6 is 0 Å². The summed E-state index contributed by atoms with van der Waals surface area (Å²) in [5.41, 5.74) is 4.17. The Labute approximate surface area is 411 Å². The van der Waals surface area contributed by atoms with Crippen molar-refractivity contribution in [3.05, 3.63) is 71.3 Å². The van der Waals surface area contributed by atoms with Gasteiger partial charge in [-0.05, 0) is 111 Å². The average Bonchev–Trinajstić information content (AvgIpc) is 3.22.